The van der Waals surface area contributed by atoms with Crippen LogP contribution in [-0.4, -0.2) is 32.0 Å². The number of aromatic nitrogens is 3. The summed E-state index contributed by atoms with van der Waals surface area (Å²) in [6, 6.07) is 6.42. The minimum absolute atomic E-state index is 0.0566. The number of rotatable bonds is 4. The zero-order chi connectivity index (χ0) is 18.2. The van der Waals surface area contributed by atoms with Crippen molar-refractivity contribution < 1.29 is 23.1 Å². The monoisotopic (exact) mass is 349 g/mol. The first-order valence-corrected chi connectivity index (χ1v) is 7.43. The second kappa shape index (κ2) is 6.19. The molecule has 1 aromatic carbocycles. The van der Waals surface area contributed by atoms with Crippen LogP contribution in [0.5, 0.6) is 0 Å². The number of carboxylic acid groups (broad SMARTS) is 1. The van der Waals surface area contributed by atoms with Crippen molar-refractivity contribution >= 4 is 16.9 Å². The van der Waals surface area contributed by atoms with E-state index in [1.54, 1.807) is 18.2 Å². The van der Waals surface area contributed by atoms with Crippen molar-refractivity contribution in [3.8, 4) is 0 Å². The lowest BCUT2D eigenvalue weighted by atomic mass is 10.0. The Balaban J connectivity index is 2.10. The predicted octanol–water partition coefficient (Wildman–Crippen LogP) is 3.59. The summed E-state index contributed by atoms with van der Waals surface area (Å²) in [6.45, 7) is 0.627. The van der Waals surface area contributed by atoms with Crippen molar-refractivity contribution in [2.45, 2.75) is 26.1 Å². The lowest BCUT2D eigenvalue weighted by molar-refractivity contribution is -0.141. The molecule has 0 bridgehead atoms. The highest BCUT2D eigenvalue weighted by Gasteiger charge is 2.30. The van der Waals surface area contributed by atoms with Crippen molar-refractivity contribution in [2.75, 3.05) is 0 Å². The number of carboxylic acids is 1. The van der Waals surface area contributed by atoms with Gasteiger partial charge in [-0.15, -0.1) is 0 Å². The summed E-state index contributed by atoms with van der Waals surface area (Å²) in [7, 11) is 0. The van der Waals surface area contributed by atoms with Crippen molar-refractivity contribution in [2.24, 2.45) is 0 Å². The molecule has 130 valence electrons. The molecule has 0 aliphatic heterocycles. The third-order valence-corrected chi connectivity index (χ3v) is 3.80. The van der Waals surface area contributed by atoms with Gasteiger partial charge in [0.05, 0.1) is 16.8 Å². The molecule has 0 amide bonds. The van der Waals surface area contributed by atoms with Crippen LogP contribution in [0.1, 0.15) is 27.2 Å². The molecule has 8 heteroatoms. The molecular formula is C17H14F3N3O2. The van der Waals surface area contributed by atoms with Crippen molar-refractivity contribution in [1.82, 2.24) is 14.8 Å². The number of nitrogens with zero attached hydrogens (tertiary/aromatic N) is 3. The first-order valence-electron chi connectivity index (χ1n) is 7.43. The largest absolute Gasteiger partial charge is 0.478 e. The van der Waals surface area contributed by atoms with Gasteiger partial charge in [-0.3, -0.25) is 9.67 Å². The van der Waals surface area contributed by atoms with E-state index in [0.717, 1.165) is 10.2 Å². The Bertz CT molecular complexity index is 948. The summed E-state index contributed by atoms with van der Waals surface area (Å²) in [5, 5.41) is 13.9. The molecule has 0 spiro atoms. The number of hydrogen-bond acceptors (Lipinski definition) is 3. The highest BCUT2D eigenvalue weighted by atomic mass is 19.4. The number of carbonyl (C=O) groups is 1. The molecule has 1 N–H and O–H groups in total. The number of aryl methyl sites for hydroxylation is 1. The van der Waals surface area contributed by atoms with Gasteiger partial charge in [-0.1, -0.05) is 11.6 Å². The Kier molecular flexibility index (Phi) is 4.20. The van der Waals surface area contributed by atoms with Gasteiger partial charge in [-0.05, 0) is 30.7 Å². The summed E-state index contributed by atoms with van der Waals surface area (Å²) in [6.07, 6.45) is -1.56. The first-order chi connectivity index (χ1) is 11.7. The SMILES string of the molecule is Cc1ccc2c(c1)c(Cc1cnccc1C(=O)O)nn2CC(F)(F)F. The second-order valence-corrected chi connectivity index (χ2v) is 5.75. The normalized spacial score (nSPS) is 11.8. The number of alkyl halides is 3. The van der Waals surface area contributed by atoms with E-state index in [9.17, 15) is 23.1 Å². The third-order valence-electron chi connectivity index (χ3n) is 3.80. The summed E-state index contributed by atoms with van der Waals surface area (Å²) >= 11 is 0. The molecule has 25 heavy (non-hydrogen) atoms. The summed E-state index contributed by atoms with van der Waals surface area (Å²) < 4.78 is 39.3. The topological polar surface area (TPSA) is 68.0 Å². The third kappa shape index (κ3) is 3.62. The fraction of sp³-hybridized carbons (Fsp3) is 0.235. The Morgan fingerprint density at radius 1 is 1.28 bits per heavy atom. The molecule has 0 aliphatic carbocycles. The van der Waals surface area contributed by atoms with Gasteiger partial charge in [0, 0.05) is 24.2 Å². The van der Waals surface area contributed by atoms with E-state index in [1.807, 2.05) is 6.92 Å². The van der Waals surface area contributed by atoms with Gasteiger partial charge >= 0.3 is 12.1 Å². The van der Waals surface area contributed by atoms with E-state index < -0.39 is 18.7 Å². The summed E-state index contributed by atoms with van der Waals surface area (Å²) in [5.41, 5.74) is 2.08. The molecule has 3 rings (SSSR count). The smallest absolute Gasteiger partial charge is 0.408 e. The van der Waals surface area contributed by atoms with Crippen LogP contribution in [0, 0.1) is 6.92 Å². The molecule has 0 fully saturated rings. The minimum atomic E-state index is -4.40. The molecule has 3 aromatic rings. The summed E-state index contributed by atoms with van der Waals surface area (Å²) in [4.78, 5) is 15.2. The van der Waals surface area contributed by atoms with Crippen LogP contribution in [-0.2, 0) is 13.0 Å². The Hall–Kier alpha value is -2.90. The van der Waals surface area contributed by atoms with Gasteiger partial charge in [0.25, 0.3) is 0 Å². The van der Waals surface area contributed by atoms with Crippen molar-refractivity contribution in [1.29, 1.82) is 0 Å². The van der Waals surface area contributed by atoms with Crippen molar-refractivity contribution in [3.63, 3.8) is 0 Å². The standard InChI is InChI=1S/C17H14F3N3O2/c1-10-2-3-15-13(6-10)14(22-23(15)9-17(18,19)20)7-11-8-21-5-4-12(11)16(24)25/h2-6,8H,7,9H2,1H3,(H,24,25). The quantitative estimate of drug-likeness (QED) is 0.782. The fourth-order valence-corrected chi connectivity index (χ4v) is 2.74. The molecule has 0 aliphatic rings. The molecular weight excluding hydrogens is 335 g/mol. The van der Waals surface area contributed by atoms with Crippen LogP contribution in [0.2, 0.25) is 0 Å². The molecule has 0 radical (unpaired) electrons. The number of hydrogen-bond donors (Lipinski definition) is 1. The van der Waals surface area contributed by atoms with Crippen LogP contribution in [0.4, 0.5) is 13.2 Å². The van der Waals surface area contributed by atoms with Crippen LogP contribution in [0.25, 0.3) is 10.9 Å². The van der Waals surface area contributed by atoms with Crippen LogP contribution in [0.3, 0.4) is 0 Å². The Labute approximate surface area is 140 Å². The lowest BCUT2D eigenvalue weighted by Gasteiger charge is -2.07. The highest BCUT2D eigenvalue weighted by molar-refractivity contribution is 5.90. The van der Waals surface area contributed by atoms with E-state index in [1.165, 1.54) is 18.5 Å². The van der Waals surface area contributed by atoms with E-state index >= 15 is 0 Å². The molecule has 2 aromatic heterocycles. The number of benzene rings is 1. The molecule has 5 nitrogen and oxygen atoms in total. The molecule has 0 atom stereocenters. The molecule has 0 saturated carbocycles. The number of fused-ring (bicyclic) bond motifs is 1. The maximum atomic E-state index is 12.8. The van der Waals surface area contributed by atoms with E-state index in [4.69, 9.17) is 0 Å². The van der Waals surface area contributed by atoms with Crippen LogP contribution in [0.15, 0.2) is 36.7 Å². The maximum Gasteiger partial charge on any atom is 0.408 e. The number of aromatic carboxylic acids is 1. The lowest BCUT2D eigenvalue weighted by Crippen LogP contribution is -2.18. The minimum Gasteiger partial charge on any atom is -0.478 e. The number of halogens is 3. The first kappa shape index (κ1) is 16.9. The van der Waals surface area contributed by atoms with Gasteiger partial charge in [-0.25, -0.2) is 4.79 Å². The second-order valence-electron chi connectivity index (χ2n) is 5.75. The zero-order valence-electron chi connectivity index (χ0n) is 13.2. The van der Waals surface area contributed by atoms with Crippen LogP contribution < -0.4 is 0 Å². The van der Waals surface area contributed by atoms with Gasteiger partial charge in [0.1, 0.15) is 6.54 Å². The zero-order valence-corrected chi connectivity index (χ0v) is 13.2. The summed E-state index contributed by atoms with van der Waals surface area (Å²) in [5.74, 6) is -1.12. The van der Waals surface area contributed by atoms with E-state index in [0.29, 0.717) is 22.2 Å². The average Bonchev–Trinajstić information content (AvgIpc) is 2.82. The highest BCUT2D eigenvalue weighted by Crippen LogP contribution is 2.26. The maximum absolute atomic E-state index is 12.8. The molecule has 0 unspecified atom stereocenters. The van der Waals surface area contributed by atoms with Gasteiger partial charge < -0.3 is 5.11 Å². The Morgan fingerprint density at radius 2 is 2.04 bits per heavy atom. The number of pyridine rings is 1. The molecule has 2 heterocycles. The van der Waals surface area contributed by atoms with E-state index in [-0.39, 0.29) is 12.0 Å². The van der Waals surface area contributed by atoms with Crippen LogP contribution >= 0.6 is 0 Å². The molecule has 0 saturated heterocycles. The van der Waals surface area contributed by atoms with Gasteiger partial charge in [0.15, 0.2) is 0 Å². The van der Waals surface area contributed by atoms with Gasteiger partial charge in [0.2, 0.25) is 0 Å². The Morgan fingerprint density at radius 3 is 2.72 bits per heavy atom. The average molecular weight is 349 g/mol. The predicted molar refractivity (Wildman–Crippen MR) is 84.5 cm³/mol. The van der Waals surface area contributed by atoms with Crippen molar-refractivity contribution in [3.05, 3.63) is 59.0 Å². The fourth-order valence-electron chi connectivity index (χ4n) is 2.74. The van der Waals surface area contributed by atoms with E-state index in [2.05, 4.69) is 10.1 Å². The van der Waals surface area contributed by atoms with Gasteiger partial charge in [-0.2, -0.15) is 18.3 Å².